The molecule has 0 bridgehead atoms. The molecule has 1 aromatic carbocycles. The van der Waals surface area contributed by atoms with Gasteiger partial charge in [0.15, 0.2) is 0 Å². The van der Waals surface area contributed by atoms with Crippen molar-refractivity contribution in [2.24, 2.45) is 0 Å². The van der Waals surface area contributed by atoms with Crippen molar-refractivity contribution in [2.75, 3.05) is 13.1 Å². The predicted octanol–water partition coefficient (Wildman–Crippen LogP) is 3.23. The number of hydrogen-bond donors (Lipinski definition) is 1. The molecule has 1 amide bonds. The van der Waals surface area contributed by atoms with E-state index in [2.05, 4.69) is 36.5 Å². The van der Waals surface area contributed by atoms with Gasteiger partial charge in [0.25, 0.3) is 0 Å². The standard InChI is InChI=1S/C18H26N2O/c1-13-9-10-17(16-8-4-3-7-15(13)16)19-14(2)18(21)20-11-5-6-12-20/h3-4,7-8,13-14,17,19H,5-6,9-12H2,1-2H3. The van der Waals surface area contributed by atoms with E-state index in [1.54, 1.807) is 0 Å². The smallest absolute Gasteiger partial charge is 0.239 e. The molecular formula is C18H26N2O. The Kier molecular flexibility index (Phi) is 4.29. The summed E-state index contributed by atoms with van der Waals surface area (Å²) in [6, 6.07) is 8.92. The van der Waals surface area contributed by atoms with Gasteiger partial charge in [-0.15, -0.1) is 0 Å². The van der Waals surface area contributed by atoms with Crippen LogP contribution in [0.4, 0.5) is 0 Å². The molecule has 3 nitrogen and oxygen atoms in total. The number of carbonyl (C=O) groups excluding carboxylic acids is 1. The van der Waals surface area contributed by atoms with Crippen molar-refractivity contribution in [3.05, 3.63) is 35.4 Å². The molecule has 0 spiro atoms. The van der Waals surface area contributed by atoms with Crippen LogP contribution in [0.5, 0.6) is 0 Å². The number of benzene rings is 1. The summed E-state index contributed by atoms with van der Waals surface area (Å²) >= 11 is 0. The van der Waals surface area contributed by atoms with Crippen molar-refractivity contribution in [3.63, 3.8) is 0 Å². The number of fused-ring (bicyclic) bond motifs is 1. The van der Waals surface area contributed by atoms with Crippen LogP contribution in [-0.4, -0.2) is 29.9 Å². The van der Waals surface area contributed by atoms with Crippen LogP contribution in [0.1, 0.15) is 62.6 Å². The fourth-order valence-corrected chi connectivity index (χ4v) is 3.76. The van der Waals surface area contributed by atoms with E-state index in [1.165, 1.54) is 17.5 Å². The average Bonchev–Trinajstić information content (AvgIpc) is 3.04. The molecule has 0 radical (unpaired) electrons. The van der Waals surface area contributed by atoms with E-state index in [0.717, 1.165) is 32.4 Å². The van der Waals surface area contributed by atoms with E-state index in [0.29, 0.717) is 12.0 Å². The summed E-state index contributed by atoms with van der Waals surface area (Å²) < 4.78 is 0. The van der Waals surface area contributed by atoms with Crippen LogP contribution >= 0.6 is 0 Å². The summed E-state index contributed by atoms with van der Waals surface area (Å²) in [5.41, 5.74) is 2.83. The minimum Gasteiger partial charge on any atom is -0.341 e. The first kappa shape index (κ1) is 14.6. The lowest BCUT2D eigenvalue weighted by molar-refractivity contribution is -0.132. The second-order valence-electron chi connectivity index (χ2n) is 6.58. The third-order valence-electron chi connectivity index (χ3n) is 5.03. The number of carbonyl (C=O) groups is 1. The molecule has 1 aliphatic carbocycles. The van der Waals surface area contributed by atoms with Gasteiger partial charge in [0.1, 0.15) is 0 Å². The van der Waals surface area contributed by atoms with Crippen LogP contribution in [0.25, 0.3) is 0 Å². The molecule has 114 valence electrons. The Labute approximate surface area is 127 Å². The van der Waals surface area contributed by atoms with Gasteiger partial charge in [-0.3, -0.25) is 10.1 Å². The lowest BCUT2D eigenvalue weighted by atomic mass is 9.81. The van der Waals surface area contributed by atoms with Crippen molar-refractivity contribution >= 4 is 5.91 Å². The fourth-order valence-electron chi connectivity index (χ4n) is 3.76. The number of amides is 1. The fraction of sp³-hybridized carbons (Fsp3) is 0.611. The van der Waals surface area contributed by atoms with Crippen LogP contribution < -0.4 is 5.32 Å². The van der Waals surface area contributed by atoms with E-state index in [9.17, 15) is 4.79 Å². The number of rotatable bonds is 3. The molecule has 1 fully saturated rings. The molecule has 3 unspecified atom stereocenters. The lowest BCUT2D eigenvalue weighted by Crippen LogP contribution is -2.45. The summed E-state index contributed by atoms with van der Waals surface area (Å²) in [6.45, 7) is 6.18. The van der Waals surface area contributed by atoms with Gasteiger partial charge in [0.2, 0.25) is 5.91 Å². The first-order valence-electron chi connectivity index (χ1n) is 8.30. The molecule has 3 rings (SSSR count). The first-order valence-corrected chi connectivity index (χ1v) is 8.30. The van der Waals surface area contributed by atoms with Crippen LogP contribution in [0, 0.1) is 0 Å². The van der Waals surface area contributed by atoms with Gasteiger partial charge in [-0.1, -0.05) is 31.2 Å². The van der Waals surface area contributed by atoms with Gasteiger partial charge in [-0.05, 0) is 49.7 Å². The number of hydrogen-bond acceptors (Lipinski definition) is 2. The van der Waals surface area contributed by atoms with E-state index in [4.69, 9.17) is 0 Å². The Morgan fingerprint density at radius 3 is 2.57 bits per heavy atom. The molecule has 1 saturated heterocycles. The van der Waals surface area contributed by atoms with Crippen molar-refractivity contribution in [1.29, 1.82) is 0 Å². The van der Waals surface area contributed by atoms with Gasteiger partial charge in [-0.2, -0.15) is 0 Å². The third kappa shape index (κ3) is 2.98. The second kappa shape index (κ2) is 6.18. The SMILES string of the molecule is CC(NC1CCC(C)c2ccccc21)C(=O)N1CCCC1. The molecule has 3 heteroatoms. The summed E-state index contributed by atoms with van der Waals surface area (Å²) in [6.07, 6.45) is 4.62. The highest BCUT2D eigenvalue weighted by Crippen LogP contribution is 2.37. The third-order valence-corrected chi connectivity index (χ3v) is 5.03. The number of nitrogens with one attached hydrogen (secondary N) is 1. The summed E-state index contributed by atoms with van der Waals surface area (Å²) in [5, 5.41) is 3.58. The minimum atomic E-state index is -0.0884. The molecule has 0 aromatic heterocycles. The van der Waals surface area contributed by atoms with Crippen molar-refractivity contribution in [1.82, 2.24) is 10.2 Å². The highest BCUT2D eigenvalue weighted by molar-refractivity contribution is 5.81. The highest BCUT2D eigenvalue weighted by atomic mass is 16.2. The number of likely N-dealkylation sites (tertiary alicyclic amines) is 1. The zero-order chi connectivity index (χ0) is 14.8. The summed E-state index contributed by atoms with van der Waals surface area (Å²) in [4.78, 5) is 14.5. The Morgan fingerprint density at radius 1 is 1.19 bits per heavy atom. The Hall–Kier alpha value is -1.35. The Balaban J connectivity index is 1.70. The van der Waals surface area contributed by atoms with E-state index in [-0.39, 0.29) is 11.9 Å². The Morgan fingerprint density at radius 2 is 1.86 bits per heavy atom. The van der Waals surface area contributed by atoms with Crippen molar-refractivity contribution in [2.45, 2.75) is 57.5 Å². The van der Waals surface area contributed by atoms with Crippen LogP contribution in [0.3, 0.4) is 0 Å². The van der Waals surface area contributed by atoms with Gasteiger partial charge < -0.3 is 4.90 Å². The van der Waals surface area contributed by atoms with E-state index < -0.39 is 0 Å². The largest absolute Gasteiger partial charge is 0.341 e. The van der Waals surface area contributed by atoms with E-state index >= 15 is 0 Å². The van der Waals surface area contributed by atoms with Crippen LogP contribution in [0.2, 0.25) is 0 Å². The van der Waals surface area contributed by atoms with Gasteiger partial charge in [-0.25, -0.2) is 0 Å². The lowest BCUT2D eigenvalue weighted by Gasteiger charge is -2.33. The zero-order valence-electron chi connectivity index (χ0n) is 13.1. The molecule has 1 N–H and O–H groups in total. The normalized spacial score (nSPS) is 26.5. The highest BCUT2D eigenvalue weighted by Gasteiger charge is 2.29. The maximum atomic E-state index is 12.5. The van der Waals surface area contributed by atoms with E-state index in [1.807, 2.05) is 11.8 Å². The summed E-state index contributed by atoms with van der Waals surface area (Å²) in [7, 11) is 0. The minimum absolute atomic E-state index is 0.0884. The number of nitrogens with zero attached hydrogens (tertiary/aromatic N) is 1. The second-order valence-corrected chi connectivity index (χ2v) is 6.58. The maximum absolute atomic E-state index is 12.5. The molecule has 1 heterocycles. The molecular weight excluding hydrogens is 260 g/mol. The zero-order valence-corrected chi connectivity index (χ0v) is 13.1. The quantitative estimate of drug-likeness (QED) is 0.925. The van der Waals surface area contributed by atoms with Crippen LogP contribution in [-0.2, 0) is 4.79 Å². The molecule has 3 atom stereocenters. The van der Waals surface area contributed by atoms with Crippen molar-refractivity contribution in [3.8, 4) is 0 Å². The van der Waals surface area contributed by atoms with Gasteiger partial charge in [0, 0.05) is 19.1 Å². The maximum Gasteiger partial charge on any atom is 0.239 e. The predicted molar refractivity (Wildman–Crippen MR) is 85.2 cm³/mol. The average molecular weight is 286 g/mol. The topological polar surface area (TPSA) is 32.3 Å². The van der Waals surface area contributed by atoms with Crippen LogP contribution in [0.15, 0.2) is 24.3 Å². The monoisotopic (exact) mass is 286 g/mol. The molecule has 1 aromatic rings. The molecule has 2 aliphatic rings. The van der Waals surface area contributed by atoms with Gasteiger partial charge in [0.05, 0.1) is 6.04 Å². The molecule has 21 heavy (non-hydrogen) atoms. The van der Waals surface area contributed by atoms with Gasteiger partial charge >= 0.3 is 0 Å². The molecule has 0 saturated carbocycles. The van der Waals surface area contributed by atoms with Crippen molar-refractivity contribution < 1.29 is 4.79 Å². The first-order chi connectivity index (χ1) is 10.2. The Bertz CT molecular complexity index is 508. The summed E-state index contributed by atoms with van der Waals surface area (Å²) in [5.74, 6) is 0.896. The molecule has 1 aliphatic heterocycles.